The molecule has 2 unspecified atom stereocenters. The maximum Gasteiger partial charge on any atom is 0.260 e. The van der Waals surface area contributed by atoms with Crippen LogP contribution in [-0.4, -0.2) is 163 Å². The van der Waals surface area contributed by atoms with Crippen molar-refractivity contribution in [2.24, 2.45) is 35.2 Å². The van der Waals surface area contributed by atoms with Gasteiger partial charge in [0.05, 0.1) is 73.4 Å². The van der Waals surface area contributed by atoms with Crippen LogP contribution in [0, 0.1) is 61.9 Å². The highest BCUT2D eigenvalue weighted by Crippen LogP contribution is 2.47. The number of rotatable bonds is 0. The largest absolute Gasteiger partial charge is 0.482 e. The fourth-order valence-corrected chi connectivity index (χ4v) is 17.1. The Kier molecular flexibility index (Phi) is 23.4. The Bertz CT molecular complexity index is 9040. The molecule has 5 aliphatic heterocycles. The van der Waals surface area contributed by atoms with Crippen molar-refractivity contribution >= 4 is 87.7 Å². The fourth-order valence-electron chi connectivity index (χ4n) is 17.1. The number of fused-ring (bicyclic) bond motifs is 25. The molecule has 0 saturated carbocycles. The molecular formula is C105H95F5N30O10. The Labute approximate surface area is 877 Å². The summed E-state index contributed by atoms with van der Waals surface area (Å²) in [4.78, 5) is 110. The number of nitrogens with zero attached hydrogens (tertiary/aromatic N) is 25. The number of hydrogen-bond donors (Lipinski definition) is 5. The van der Waals surface area contributed by atoms with Gasteiger partial charge in [-0.25, -0.2) is 70.3 Å². The number of nitrogens with two attached hydrogens (primary N) is 5. The summed E-state index contributed by atoms with van der Waals surface area (Å²) in [5.41, 5.74) is 33.6. The van der Waals surface area contributed by atoms with E-state index in [9.17, 15) is 45.9 Å². The van der Waals surface area contributed by atoms with E-state index in [1.165, 1.54) is 125 Å². The summed E-state index contributed by atoms with van der Waals surface area (Å²) >= 11 is 0. The van der Waals surface area contributed by atoms with Gasteiger partial charge >= 0.3 is 0 Å². The lowest BCUT2D eigenvalue weighted by molar-refractivity contribution is 0.0771. The Balaban J connectivity index is 0.000000145. The molecule has 5 aliphatic rings. The van der Waals surface area contributed by atoms with Crippen molar-refractivity contribution < 1.29 is 91.5 Å². The fraction of sp³-hybridized carbons (Fsp3) is 0.238. The lowest BCUT2D eigenvalue weighted by Crippen LogP contribution is -2.28. The quantitative estimate of drug-likeness (QED) is 0.0695. The number of hydrogen-bond acceptors (Lipinski definition) is 25. The van der Waals surface area contributed by atoms with Crippen LogP contribution in [0.2, 0.25) is 0 Å². The Morgan fingerprint density at radius 1 is 0.327 bits per heavy atom. The van der Waals surface area contributed by atoms with Crippen molar-refractivity contribution in [3.05, 3.63) is 323 Å². The maximum absolute atomic E-state index is 14.4. The minimum atomic E-state index is -3.33. The Hall–Kier alpha value is -19.6. The van der Waals surface area contributed by atoms with E-state index in [1.807, 2.05) is 0 Å². The molecule has 760 valence electrons. The van der Waals surface area contributed by atoms with E-state index in [0.29, 0.717) is 83.3 Å². The molecule has 15 heterocycles. The molecule has 20 rings (SSSR count). The van der Waals surface area contributed by atoms with Crippen molar-refractivity contribution in [2.75, 3.05) is 63.8 Å². The van der Waals surface area contributed by atoms with Gasteiger partial charge in [0.1, 0.15) is 88.0 Å². The Morgan fingerprint density at radius 3 is 0.813 bits per heavy atom. The third kappa shape index (κ3) is 20.3. The van der Waals surface area contributed by atoms with E-state index >= 15 is 0 Å². The minimum Gasteiger partial charge on any atom is -0.482 e. The van der Waals surface area contributed by atoms with E-state index in [-0.39, 0.29) is 180 Å². The summed E-state index contributed by atoms with van der Waals surface area (Å²) in [7, 11) is 12.4. The maximum atomic E-state index is 14.4. The van der Waals surface area contributed by atoms with Crippen molar-refractivity contribution in [3.8, 4) is 84.4 Å². The second-order valence-electron chi connectivity index (χ2n) is 34.3. The first kappa shape index (κ1) is 83.8. The molecule has 0 aliphatic carbocycles. The second-order valence-corrected chi connectivity index (χ2v) is 34.3. The van der Waals surface area contributed by atoms with Gasteiger partial charge < -0.3 is 101 Å². The van der Waals surface area contributed by atoms with Gasteiger partial charge in [-0.1, -0.05) is 32.9 Å². The topological polar surface area (TPSA) is 453 Å². The third-order valence-corrected chi connectivity index (χ3v) is 24.3. The zero-order chi connectivity index (χ0) is 121. The van der Waals surface area contributed by atoms with Crippen LogP contribution in [0.1, 0.15) is 195 Å². The molecule has 5 aromatic carbocycles. The predicted molar refractivity (Wildman–Crippen MR) is 542 cm³/mol. The van der Waals surface area contributed by atoms with E-state index in [4.69, 9.17) is 107 Å². The van der Waals surface area contributed by atoms with E-state index in [0.717, 1.165) is 42.5 Å². The van der Waals surface area contributed by atoms with E-state index in [2.05, 4.69) is 74.6 Å². The first-order chi connectivity index (χ1) is 77.9. The normalized spacial score (nSPS) is 18.8. The first-order valence-corrected chi connectivity index (χ1v) is 44.6. The molecule has 0 saturated heterocycles. The smallest absolute Gasteiger partial charge is 0.260 e. The Morgan fingerprint density at radius 2 is 0.553 bits per heavy atom. The zero-order valence-electron chi connectivity index (χ0n) is 97.1. The molecule has 15 aromatic rings. The summed E-state index contributed by atoms with van der Waals surface area (Å²) in [5, 5.41) is 21.7. The standard InChI is InChI=1S/5C21H19FN6O2/c5*1-11-15-8-13(22)5-6-14(15)21(29)27(3)10-16-18(20(24-2)28(4)26-16)12-7-17(30-11)19(23)25-9-12/h5*5-9,11H,10H2,1,3-4H3,(H2,23,25)/t3*11-;;/m100../s1/i7D,9D;1D3,3D3,11D;1D3,11D;3D3;. The number of benzene rings is 5. The molecule has 10 bridgehead atoms. The highest BCUT2D eigenvalue weighted by molar-refractivity contribution is 6.00. The number of carbonyl (C=O) groups excluding carboxylic acids is 5. The number of nitrogen functional groups attached to an aromatic ring is 5. The zero-order valence-corrected chi connectivity index (χ0v) is 81.1. The summed E-state index contributed by atoms with van der Waals surface area (Å²) in [6, 6.07) is 22.0. The molecule has 0 fully saturated rings. The van der Waals surface area contributed by atoms with Crippen LogP contribution in [0.15, 0.2) is 152 Å². The first-order valence-electron chi connectivity index (χ1n) is 52.6. The van der Waals surface area contributed by atoms with Crippen molar-refractivity contribution in [2.45, 2.75) is 97.7 Å². The van der Waals surface area contributed by atoms with Gasteiger partial charge in [-0.3, -0.25) is 24.0 Å². The number of aromatic nitrogens is 15. The number of pyridine rings is 5. The van der Waals surface area contributed by atoms with Gasteiger partial charge in [-0.15, -0.1) is 25.5 Å². The number of amides is 5. The number of ether oxygens (including phenoxy) is 5. The van der Waals surface area contributed by atoms with Crippen LogP contribution in [0.3, 0.4) is 0 Å². The lowest BCUT2D eigenvalue weighted by atomic mass is 10.0. The monoisotopic (exact) mass is 2050 g/mol. The lowest BCUT2D eigenvalue weighted by Gasteiger charge is -2.23. The molecule has 5 amide bonds. The predicted octanol–water partition coefficient (Wildman–Crippen LogP) is 17.4. The van der Waals surface area contributed by atoms with Gasteiger partial charge in [-0.2, -0.15) is 0 Å². The second kappa shape index (κ2) is 42.0. The van der Waals surface area contributed by atoms with Gasteiger partial charge in [-0.05, 0) is 184 Å². The van der Waals surface area contributed by atoms with Crippen LogP contribution in [0.5, 0.6) is 28.7 Å². The summed E-state index contributed by atoms with van der Waals surface area (Å²) in [6.07, 6.45) is -3.17. The van der Waals surface area contributed by atoms with Crippen LogP contribution in [0.25, 0.3) is 79.9 Å². The van der Waals surface area contributed by atoms with Gasteiger partial charge in [0.2, 0.25) is 0 Å². The number of aryl methyl sites for hydroxylation is 5. The average molecular weight is 2050 g/mol. The van der Waals surface area contributed by atoms with Crippen LogP contribution >= 0.6 is 0 Å². The van der Waals surface area contributed by atoms with Gasteiger partial charge in [0.25, 0.3) is 58.6 Å². The molecular weight excluding hydrogens is 1940 g/mol. The van der Waals surface area contributed by atoms with Crippen molar-refractivity contribution in [1.29, 1.82) is 0 Å². The molecule has 10 aromatic heterocycles. The molecule has 0 radical (unpaired) electrons. The molecule has 40 nitrogen and oxygen atoms in total. The van der Waals surface area contributed by atoms with Crippen molar-refractivity contribution in [1.82, 2.24) is 98.3 Å². The van der Waals surface area contributed by atoms with E-state index < -0.39 is 141 Å². The number of carbonyl (C=O) groups is 5. The summed E-state index contributed by atoms with van der Waals surface area (Å²) in [6.45, 7) is 29.4. The molecule has 5 atom stereocenters. The third-order valence-electron chi connectivity index (χ3n) is 24.3. The van der Waals surface area contributed by atoms with Gasteiger partial charge in [0, 0.05) is 166 Å². The molecule has 0 spiro atoms. The number of halogens is 5. The molecule has 150 heavy (non-hydrogen) atoms. The summed E-state index contributed by atoms with van der Waals surface area (Å²) < 4.78 is 237. The average Bonchev–Trinajstić information content (AvgIpc) is 1.25. The highest BCUT2D eigenvalue weighted by atomic mass is 19.1. The van der Waals surface area contributed by atoms with Crippen LogP contribution < -0.4 is 52.4 Å². The number of anilines is 5. The van der Waals surface area contributed by atoms with E-state index in [1.54, 1.807) is 81.4 Å². The minimum absolute atomic E-state index is 0.0117. The van der Waals surface area contributed by atoms with Crippen LogP contribution in [0.4, 0.5) is 80.1 Å². The molecule has 10 N–H and O–H groups in total. The van der Waals surface area contributed by atoms with Crippen LogP contribution in [-0.2, 0) is 68.0 Å². The van der Waals surface area contributed by atoms with Crippen molar-refractivity contribution in [3.63, 3.8) is 0 Å². The summed E-state index contributed by atoms with van der Waals surface area (Å²) in [5.74, 6) is -7.12. The van der Waals surface area contributed by atoms with Gasteiger partial charge in [0.15, 0.2) is 57.8 Å². The molecule has 45 heteroatoms. The highest BCUT2D eigenvalue weighted by Gasteiger charge is 2.37. The SMILES string of the molecule is [2H]C([2H])([2H])N1Cc2nn(C)c([N+]#[C-])c2-c2cnc(N)c(c2)OC(C)c2cc(F)ccc2C1=O.[2H]C([2H])([2H])N1Cc2nn(C)c([N+]#[C-])c2-c2cnc(N)c(c2)O[C@@]([2H])(C([2H])([2H])[2H])c2cc(F)ccc2C1=O.[2H]C([2H])([2H])[C@]1([2H])Oc2cc(cnc2N)-c2c(nn(C)c2[N+]#[C-])CN(C)C(=O)c2ccc(F)cc21.[2H]c1nc(N)c2c([2H])c1-c1c(nn(C)c1[N+]#[C-])CN(C)C(=O)c1ccc(F)cc1[C@@H](C)O2.[C-]#[N+]c1c2c(nn1C)CN(C)C(=O)c1ccc(F)cc1C(C)Oc1cc-2cnc1N.